The van der Waals surface area contributed by atoms with Gasteiger partial charge < -0.3 is 0 Å². The molecule has 0 bridgehead atoms. The van der Waals surface area contributed by atoms with Crippen LogP contribution in [0, 0.1) is 11.3 Å². The summed E-state index contributed by atoms with van der Waals surface area (Å²) in [5.74, 6) is 0. The van der Waals surface area contributed by atoms with E-state index >= 15 is 0 Å². The van der Waals surface area contributed by atoms with Crippen molar-refractivity contribution in [1.29, 1.82) is 5.26 Å². The number of halogens is 6. The van der Waals surface area contributed by atoms with Crippen molar-refractivity contribution in [3.05, 3.63) is 27.5 Å². The summed E-state index contributed by atoms with van der Waals surface area (Å²) >= 11 is 2.40. The van der Waals surface area contributed by atoms with Gasteiger partial charge in [0.2, 0.25) is 0 Å². The quantitative estimate of drug-likeness (QED) is 0.742. The molecule has 0 saturated heterocycles. The Morgan fingerprint density at radius 2 is 1.94 bits per heavy atom. The molecule has 0 fully saturated rings. The minimum absolute atomic E-state index is 0.481. The van der Waals surface area contributed by atoms with Gasteiger partial charge in [0.25, 0.3) is 6.43 Å². The van der Waals surface area contributed by atoms with Crippen LogP contribution in [-0.4, -0.2) is 4.98 Å². The summed E-state index contributed by atoms with van der Waals surface area (Å²) in [6.45, 7) is 0. The Kier molecular flexibility index (Phi) is 3.48. The standard InChI is InChI=1S/C8H2BrF5N2/c9-5-4(7(10)11)3(1-15)2-16-6(5)8(12,13)14/h2,7H. The Bertz CT molecular complexity index is 449. The van der Waals surface area contributed by atoms with Crippen LogP contribution in [0.2, 0.25) is 0 Å². The zero-order chi connectivity index (χ0) is 12.5. The van der Waals surface area contributed by atoms with Crippen LogP contribution in [0.4, 0.5) is 22.0 Å². The number of alkyl halides is 5. The van der Waals surface area contributed by atoms with Gasteiger partial charge in [-0.05, 0) is 15.9 Å². The molecule has 0 unspecified atom stereocenters. The maximum atomic E-state index is 12.5. The van der Waals surface area contributed by atoms with Crippen LogP contribution in [0.15, 0.2) is 10.7 Å². The Balaban J connectivity index is 3.52. The first-order valence-electron chi connectivity index (χ1n) is 3.73. The molecule has 86 valence electrons. The molecule has 0 saturated carbocycles. The van der Waals surface area contributed by atoms with E-state index < -0.39 is 33.9 Å². The summed E-state index contributed by atoms with van der Waals surface area (Å²) in [7, 11) is 0. The van der Waals surface area contributed by atoms with Crippen LogP contribution in [0.25, 0.3) is 0 Å². The van der Waals surface area contributed by atoms with Gasteiger partial charge in [-0.2, -0.15) is 18.4 Å². The highest BCUT2D eigenvalue weighted by Gasteiger charge is 2.37. The largest absolute Gasteiger partial charge is 0.434 e. The number of aromatic nitrogens is 1. The van der Waals surface area contributed by atoms with E-state index in [0.717, 1.165) is 0 Å². The molecule has 0 atom stereocenters. The number of nitrogens with zero attached hydrogens (tertiary/aromatic N) is 2. The molecule has 16 heavy (non-hydrogen) atoms. The van der Waals surface area contributed by atoms with Crippen LogP contribution in [-0.2, 0) is 6.18 Å². The molecule has 0 amide bonds. The molecule has 0 aliphatic rings. The highest BCUT2D eigenvalue weighted by atomic mass is 79.9. The summed E-state index contributed by atoms with van der Waals surface area (Å²) in [6.07, 6.45) is -7.56. The summed E-state index contributed by atoms with van der Waals surface area (Å²) < 4.78 is 61.0. The average Bonchev–Trinajstić information content (AvgIpc) is 2.14. The zero-order valence-corrected chi connectivity index (χ0v) is 8.90. The van der Waals surface area contributed by atoms with Crippen molar-refractivity contribution < 1.29 is 22.0 Å². The lowest BCUT2D eigenvalue weighted by atomic mass is 10.1. The van der Waals surface area contributed by atoms with E-state index in [1.807, 2.05) is 0 Å². The van der Waals surface area contributed by atoms with Crippen molar-refractivity contribution in [3.8, 4) is 6.07 Å². The first-order chi connectivity index (χ1) is 7.29. The lowest BCUT2D eigenvalue weighted by molar-refractivity contribution is -0.141. The molecule has 0 aliphatic carbocycles. The third-order valence-corrected chi connectivity index (χ3v) is 2.47. The molecule has 0 aromatic carbocycles. The maximum absolute atomic E-state index is 12.5. The van der Waals surface area contributed by atoms with Crippen LogP contribution in [0.5, 0.6) is 0 Å². The van der Waals surface area contributed by atoms with Gasteiger partial charge in [0, 0.05) is 6.20 Å². The smallest absolute Gasteiger partial charge is 0.249 e. The molecule has 1 aromatic heterocycles. The van der Waals surface area contributed by atoms with Gasteiger partial charge in [0.15, 0.2) is 5.69 Å². The molecular formula is C8H2BrF5N2. The van der Waals surface area contributed by atoms with Crippen molar-refractivity contribution in [1.82, 2.24) is 4.98 Å². The second kappa shape index (κ2) is 4.33. The summed E-state index contributed by atoms with van der Waals surface area (Å²) in [6, 6.07) is 1.36. The van der Waals surface area contributed by atoms with Crippen molar-refractivity contribution in [2.24, 2.45) is 0 Å². The van der Waals surface area contributed by atoms with Crippen molar-refractivity contribution >= 4 is 15.9 Å². The van der Waals surface area contributed by atoms with Gasteiger partial charge in [-0.3, -0.25) is 0 Å². The third-order valence-electron chi connectivity index (χ3n) is 1.66. The van der Waals surface area contributed by atoms with Gasteiger partial charge in [0.1, 0.15) is 6.07 Å². The van der Waals surface area contributed by atoms with Crippen LogP contribution >= 0.6 is 15.9 Å². The second-order valence-corrected chi connectivity index (χ2v) is 3.45. The van der Waals surface area contributed by atoms with Crippen LogP contribution in [0.1, 0.15) is 23.2 Å². The van der Waals surface area contributed by atoms with Crippen LogP contribution < -0.4 is 0 Å². The molecule has 2 nitrogen and oxygen atoms in total. The summed E-state index contributed by atoms with van der Waals surface area (Å²) in [4.78, 5) is 2.94. The van der Waals surface area contributed by atoms with E-state index in [-0.39, 0.29) is 0 Å². The van der Waals surface area contributed by atoms with E-state index in [2.05, 4.69) is 20.9 Å². The van der Waals surface area contributed by atoms with E-state index in [1.165, 1.54) is 6.07 Å². The van der Waals surface area contributed by atoms with Gasteiger partial charge in [0.05, 0.1) is 15.6 Å². The van der Waals surface area contributed by atoms with Crippen molar-refractivity contribution in [3.63, 3.8) is 0 Å². The molecule has 1 heterocycles. The minimum Gasteiger partial charge on any atom is -0.249 e. The number of rotatable bonds is 1. The van der Waals surface area contributed by atoms with Gasteiger partial charge >= 0.3 is 6.18 Å². The molecule has 1 rings (SSSR count). The Labute approximate surface area is 94.8 Å². The first-order valence-corrected chi connectivity index (χ1v) is 4.52. The maximum Gasteiger partial charge on any atom is 0.434 e. The average molecular weight is 301 g/mol. The Morgan fingerprint density at radius 3 is 2.31 bits per heavy atom. The van der Waals surface area contributed by atoms with Gasteiger partial charge in [-0.1, -0.05) is 0 Å². The number of nitriles is 1. The van der Waals surface area contributed by atoms with Gasteiger partial charge in [-0.15, -0.1) is 0 Å². The minimum atomic E-state index is -4.85. The molecule has 0 N–H and O–H groups in total. The summed E-state index contributed by atoms with van der Waals surface area (Å²) in [5.41, 5.74) is -3.05. The predicted molar refractivity (Wildman–Crippen MR) is 46.6 cm³/mol. The van der Waals surface area contributed by atoms with Gasteiger partial charge in [-0.25, -0.2) is 13.8 Å². The first kappa shape index (κ1) is 12.8. The van der Waals surface area contributed by atoms with Crippen molar-refractivity contribution in [2.45, 2.75) is 12.6 Å². The van der Waals surface area contributed by atoms with E-state index in [4.69, 9.17) is 5.26 Å². The third kappa shape index (κ3) is 2.29. The number of pyridine rings is 1. The van der Waals surface area contributed by atoms with E-state index in [9.17, 15) is 22.0 Å². The Hall–Kier alpha value is -1.23. The molecule has 1 aromatic rings. The topological polar surface area (TPSA) is 36.7 Å². The van der Waals surface area contributed by atoms with E-state index in [1.54, 1.807) is 0 Å². The molecule has 0 aliphatic heterocycles. The van der Waals surface area contributed by atoms with Crippen LogP contribution in [0.3, 0.4) is 0 Å². The highest BCUT2D eigenvalue weighted by Crippen LogP contribution is 2.39. The van der Waals surface area contributed by atoms with E-state index in [0.29, 0.717) is 6.20 Å². The lowest BCUT2D eigenvalue weighted by Crippen LogP contribution is -2.11. The molecular weight excluding hydrogens is 299 g/mol. The number of hydrogen-bond acceptors (Lipinski definition) is 2. The van der Waals surface area contributed by atoms with Crippen molar-refractivity contribution in [2.75, 3.05) is 0 Å². The monoisotopic (exact) mass is 300 g/mol. The lowest BCUT2D eigenvalue weighted by Gasteiger charge is -2.12. The predicted octanol–water partition coefficient (Wildman–Crippen LogP) is 3.67. The highest BCUT2D eigenvalue weighted by molar-refractivity contribution is 9.10. The fourth-order valence-corrected chi connectivity index (χ4v) is 1.71. The Morgan fingerprint density at radius 1 is 1.38 bits per heavy atom. The SMILES string of the molecule is N#Cc1cnc(C(F)(F)F)c(Br)c1C(F)F. The number of hydrogen-bond donors (Lipinski definition) is 0. The molecule has 0 radical (unpaired) electrons. The fraction of sp³-hybridized carbons (Fsp3) is 0.250. The second-order valence-electron chi connectivity index (χ2n) is 2.66. The zero-order valence-electron chi connectivity index (χ0n) is 7.32. The summed E-state index contributed by atoms with van der Waals surface area (Å²) in [5, 5.41) is 8.46. The molecule has 0 spiro atoms. The normalized spacial score (nSPS) is 11.6. The fourth-order valence-electron chi connectivity index (χ4n) is 1.00. The molecule has 8 heteroatoms.